The molecular formula is C35H46O4. The number of methoxy groups -OCH3 is 1. The largest absolute Gasteiger partial charge is 0.392 e. The Kier molecular flexibility index (Phi) is 11.6. The van der Waals surface area contributed by atoms with Crippen molar-refractivity contribution in [2.75, 3.05) is 33.5 Å². The average molecular weight is 531 g/mol. The molecule has 3 unspecified atom stereocenters. The molecule has 0 saturated heterocycles. The topological polar surface area (TPSA) is 47.9 Å². The molecule has 0 radical (unpaired) electrons. The first-order chi connectivity index (χ1) is 19.1. The van der Waals surface area contributed by atoms with E-state index >= 15 is 0 Å². The highest BCUT2D eigenvalue weighted by Crippen LogP contribution is 2.37. The molecule has 3 aromatic rings. The van der Waals surface area contributed by atoms with Crippen molar-refractivity contribution in [3.8, 4) is 11.1 Å². The van der Waals surface area contributed by atoms with Crippen LogP contribution in [0.1, 0.15) is 68.9 Å². The predicted molar refractivity (Wildman–Crippen MR) is 161 cm³/mol. The van der Waals surface area contributed by atoms with Crippen LogP contribution >= 0.6 is 0 Å². The van der Waals surface area contributed by atoms with Crippen LogP contribution in [-0.2, 0) is 20.6 Å². The molecule has 1 N–H and O–H groups in total. The van der Waals surface area contributed by atoms with Crippen LogP contribution in [0.5, 0.6) is 0 Å². The standard InChI is InChI=1S/C35H46O4/c1-4-5-6-7-27-8-9-32-21-31(15-14-30(32)20-27)28-10-12-29(13-11-28)33-22-34(38-17-16-26(2)25-36)24-35(23-33)39-19-18-37-3/h8-15,20-21,33-36H,2,4-7,16-19,22-25H2,1,3H3. The van der Waals surface area contributed by atoms with Crippen LogP contribution in [0.2, 0.25) is 0 Å². The highest BCUT2D eigenvalue weighted by molar-refractivity contribution is 5.87. The van der Waals surface area contributed by atoms with Crippen molar-refractivity contribution in [3.05, 3.63) is 83.9 Å². The van der Waals surface area contributed by atoms with E-state index < -0.39 is 0 Å². The van der Waals surface area contributed by atoms with E-state index in [1.165, 1.54) is 52.3 Å². The van der Waals surface area contributed by atoms with E-state index in [1.807, 2.05) is 0 Å². The Morgan fingerprint density at radius 1 is 0.821 bits per heavy atom. The number of aryl methyl sites for hydroxylation is 1. The Bertz CT molecular complexity index is 1170. The summed E-state index contributed by atoms with van der Waals surface area (Å²) in [6.45, 7) is 7.94. The van der Waals surface area contributed by atoms with E-state index in [4.69, 9.17) is 14.2 Å². The lowest BCUT2D eigenvalue weighted by Gasteiger charge is -2.35. The fourth-order valence-corrected chi connectivity index (χ4v) is 5.67. The number of benzene rings is 3. The third kappa shape index (κ3) is 8.74. The molecule has 3 atom stereocenters. The zero-order chi connectivity index (χ0) is 27.5. The van der Waals surface area contributed by atoms with Crippen molar-refractivity contribution in [2.24, 2.45) is 0 Å². The molecule has 1 aliphatic rings. The molecular weight excluding hydrogens is 484 g/mol. The maximum atomic E-state index is 9.24. The van der Waals surface area contributed by atoms with Gasteiger partial charge in [0, 0.05) is 7.11 Å². The summed E-state index contributed by atoms with van der Waals surface area (Å²) in [5.41, 5.74) is 6.08. The number of aliphatic hydroxyl groups excluding tert-OH is 1. The first-order valence-corrected chi connectivity index (χ1v) is 14.7. The lowest BCUT2D eigenvalue weighted by molar-refractivity contribution is -0.0595. The zero-order valence-corrected chi connectivity index (χ0v) is 23.9. The van der Waals surface area contributed by atoms with Gasteiger partial charge in [-0.3, -0.25) is 0 Å². The van der Waals surface area contributed by atoms with Crippen LogP contribution in [-0.4, -0.2) is 50.9 Å². The van der Waals surface area contributed by atoms with E-state index in [1.54, 1.807) is 7.11 Å². The van der Waals surface area contributed by atoms with E-state index in [2.05, 4.69) is 74.2 Å². The highest BCUT2D eigenvalue weighted by Gasteiger charge is 2.31. The molecule has 0 spiro atoms. The van der Waals surface area contributed by atoms with Gasteiger partial charge in [-0.05, 0) is 89.1 Å². The minimum absolute atomic E-state index is 0.0169. The first-order valence-electron chi connectivity index (χ1n) is 14.7. The Morgan fingerprint density at radius 3 is 2.23 bits per heavy atom. The van der Waals surface area contributed by atoms with Crippen molar-refractivity contribution in [2.45, 2.75) is 76.4 Å². The number of hydrogen-bond donors (Lipinski definition) is 1. The van der Waals surface area contributed by atoms with E-state index in [0.29, 0.717) is 32.2 Å². The molecule has 1 aliphatic carbocycles. The van der Waals surface area contributed by atoms with Gasteiger partial charge in [0.05, 0.1) is 38.6 Å². The first kappa shape index (κ1) is 29.5. The fourth-order valence-electron chi connectivity index (χ4n) is 5.67. The normalized spacial score (nSPS) is 19.4. The Labute approximate surface area is 235 Å². The number of rotatable bonds is 15. The Balaban J connectivity index is 1.43. The average Bonchev–Trinajstić information content (AvgIpc) is 2.97. The molecule has 0 amide bonds. The summed E-state index contributed by atoms with van der Waals surface area (Å²) >= 11 is 0. The SMILES string of the molecule is C=C(CO)CCOC1CC(OCCOC)CC(c2ccc(-c3ccc4cc(CCCCC)ccc4c3)cc2)C1. The van der Waals surface area contributed by atoms with E-state index in [0.717, 1.165) is 31.3 Å². The van der Waals surface area contributed by atoms with Crippen molar-refractivity contribution >= 4 is 10.8 Å². The van der Waals surface area contributed by atoms with Crippen molar-refractivity contribution in [3.63, 3.8) is 0 Å². The minimum atomic E-state index is 0.0169. The van der Waals surface area contributed by atoms with Crippen LogP contribution in [0.4, 0.5) is 0 Å². The van der Waals surface area contributed by atoms with Crippen LogP contribution in [0, 0.1) is 0 Å². The van der Waals surface area contributed by atoms with Gasteiger partial charge < -0.3 is 19.3 Å². The number of hydrogen-bond acceptors (Lipinski definition) is 4. The summed E-state index contributed by atoms with van der Waals surface area (Å²) in [6, 6.07) is 22.8. The van der Waals surface area contributed by atoms with Crippen LogP contribution < -0.4 is 0 Å². The van der Waals surface area contributed by atoms with Crippen LogP contribution in [0.15, 0.2) is 72.8 Å². The maximum Gasteiger partial charge on any atom is 0.0704 e. The molecule has 4 rings (SSSR count). The molecule has 0 bridgehead atoms. The second-order valence-electron chi connectivity index (χ2n) is 11.0. The lowest BCUT2D eigenvalue weighted by Crippen LogP contribution is -2.33. The van der Waals surface area contributed by atoms with Gasteiger partial charge in [0.25, 0.3) is 0 Å². The molecule has 0 heterocycles. The van der Waals surface area contributed by atoms with Gasteiger partial charge in [-0.25, -0.2) is 0 Å². The van der Waals surface area contributed by atoms with E-state index in [9.17, 15) is 5.11 Å². The Morgan fingerprint density at radius 2 is 1.51 bits per heavy atom. The van der Waals surface area contributed by atoms with Crippen molar-refractivity contribution < 1.29 is 19.3 Å². The monoisotopic (exact) mass is 530 g/mol. The number of unbranched alkanes of at least 4 members (excludes halogenated alkanes) is 2. The Hall–Kier alpha value is -2.50. The summed E-state index contributed by atoms with van der Waals surface area (Å²) < 4.78 is 17.6. The fraction of sp³-hybridized carbons (Fsp3) is 0.486. The number of aliphatic hydroxyl groups is 1. The number of fused-ring (bicyclic) bond motifs is 1. The molecule has 0 aliphatic heterocycles. The minimum Gasteiger partial charge on any atom is -0.392 e. The van der Waals surface area contributed by atoms with Gasteiger partial charge in [0.1, 0.15) is 0 Å². The van der Waals surface area contributed by atoms with Gasteiger partial charge in [-0.1, -0.05) is 80.9 Å². The summed E-state index contributed by atoms with van der Waals surface area (Å²) in [6.07, 6.45) is 8.81. The van der Waals surface area contributed by atoms with Gasteiger partial charge in [-0.15, -0.1) is 0 Å². The molecule has 1 saturated carbocycles. The molecule has 3 aromatic carbocycles. The summed E-state index contributed by atoms with van der Waals surface area (Å²) in [7, 11) is 1.70. The zero-order valence-electron chi connectivity index (χ0n) is 23.9. The quantitative estimate of drug-likeness (QED) is 0.160. The molecule has 0 aromatic heterocycles. The maximum absolute atomic E-state index is 9.24. The smallest absolute Gasteiger partial charge is 0.0704 e. The third-order valence-corrected chi connectivity index (χ3v) is 7.98. The van der Waals surface area contributed by atoms with Crippen LogP contribution in [0.25, 0.3) is 21.9 Å². The van der Waals surface area contributed by atoms with Gasteiger partial charge in [-0.2, -0.15) is 0 Å². The highest BCUT2D eigenvalue weighted by atomic mass is 16.5. The van der Waals surface area contributed by atoms with E-state index in [-0.39, 0.29) is 18.8 Å². The lowest BCUT2D eigenvalue weighted by atomic mass is 9.80. The molecule has 210 valence electrons. The molecule has 39 heavy (non-hydrogen) atoms. The second kappa shape index (κ2) is 15.3. The number of ether oxygens (including phenoxy) is 3. The summed E-state index contributed by atoms with van der Waals surface area (Å²) in [4.78, 5) is 0. The van der Waals surface area contributed by atoms with Gasteiger partial charge in [0.2, 0.25) is 0 Å². The van der Waals surface area contributed by atoms with Crippen molar-refractivity contribution in [1.82, 2.24) is 0 Å². The second-order valence-corrected chi connectivity index (χ2v) is 11.0. The predicted octanol–water partition coefficient (Wildman–Crippen LogP) is 7.86. The summed E-state index contributed by atoms with van der Waals surface area (Å²) in [5.74, 6) is 0.383. The molecule has 1 fully saturated rings. The van der Waals surface area contributed by atoms with Gasteiger partial charge >= 0.3 is 0 Å². The van der Waals surface area contributed by atoms with Crippen LogP contribution in [0.3, 0.4) is 0 Å². The third-order valence-electron chi connectivity index (χ3n) is 7.98. The summed E-state index contributed by atoms with van der Waals surface area (Å²) in [5, 5.41) is 11.9. The molecule has 4 nitrogen and oxygen atoms in total. The van der Waals surface area contributed by atoms with Gasteiger partial charge in [0.15, 0.2) is 0 Å². The van der Waals surface area contributed by atoms with Crippen molar-refractivity contribution in [1.29, 1.82) is 0 Å². The molecule has 4 heteroatoms.